The van der Waals surface area contributed by atoms with Gasteiger partial charge in [-0.1, -0.05) is 17.4 Å². The fourth-order valence-electron chi connectivity index (χ4n) is 3.77. The molecule has 0 radical (unpaired) electrons. The largest absolute Gasteiger partial charge is 0.497 e. The maximum absolute atomic E-state index is 13.2. The number of thiazole rings is 1. The summed E-state index contributed by atoms with van der Waals surface area (Å²) in [7, 11) is 2.35. The lowest BCUT2D eigenvalue weighted by Crippen LogP contribution is -2.19. The van der Waals surface area contributed by atoms with Crippen LogP contribution in [-0.4, -0.2) is 53.9 Å². The minimum atomic E-state index is -3.88. The Morgan fingerprint density at radius 1 is 0.947 bits per heavy atom. The number of ether oxygens (including phenoxy) is 4. The SMILES string of the molecule is COCCn1c(=NC(=O)c2cccc(NS(=O)(=O)c3ccc(OC)cc3)c2)sc2c(OC)ccc(OC)c21. The zero-order chi connectivity index (χ0) is 27.3. The summed E-state index contributed by atoms with van der Waals surface area (Å²) in [6.07, 6.45) is 0. The molecule has 3 aromatic carbocycles. The summed E-state index contributed by atoms with van der Waals surface area (Å²) in [5.74, 6) is 1.24. The number of nitrogens with zero attached hydrogens (tertiary/aromatic N) is 2. The first kappa shape index (κ1) is 27.2. The Kier molecular flexibility index (Phi) is 8.35. The molecule has 12 heteroatoms. The molecular formula is C26H27N3O7S2. The van der Waals surface area contributed by atoms with Crippen LogP contribution in [0, 0.1) is 0 Å². The Balaban J connectivity index is 1.71. The van der Waals surface area contributed by atoms with E-state index in [0.717, 1.165) is 10.2 Å². The molecule has 4 rings (SSSR count). The number of anilines is 1. The molecule has 0 bridgehead atoms. The monoisotopic (exact) mass is 557 g/mol. The van der Waals surface area contributed by atoms with Gasteiger partial charge < -0.3 is 23.5 Å². The molecule has 0 aliphatic carbocycles. The molecule has 1 N–H and O–H groups in total. The second-order valence-electron chi connectivity index (χ2n) is 7.96. The van der Waals surface area contributed by atoms with Crippen molar-refractivity contribution >= 4 is 43.2 Å². The number of carbonyl (C=O) groups excluding carboxylic acids is 1. The van der Waals surface area contributed by atoms with E-state index < -0.39 is 15.9 Å². The van der Waals surface area contributed by atoms with E-state index in [9.17, 15) is 13.2 Å². The van der Waals surface area contributed by atoms with Crippen LogP contribution in [0.4, 0.5) is 5.69 Å². The summed E-state index contributed by atoms with van der Waals surface area (Å²) >= 11 is 1.29. The molecule has 38 heavy (non-hydrogen) atoms. The van der Waals surface area contributed by atoms with Crippen molar-refractivity contribution < 1.29 is 32.2 Å². The van der Waals surface area contributed by atoms with Gasteiger partial charge in [0.1, 0.15) is 27.5 Å². The Morgan fingerprint density at radius 2 is 1.66 bits per heavy atom. The molecule has 0 saturated carbocycles. The van der Waals surface area contributed by atoms with Crippen molar-refractivity contribution in [3.8, 4) is 17.2 Å². The van der Waals surface area contributed by atoms with Gasteiger partial charge in [0.05, 0.1) is 32.8 Å². The van der Waals surface area contributed by atoms with Crippen LogP contribution in [0.2, 0.25) is 0 Å². The van der Waals surface area contributed by atoms with Gasteiger partial charge in [0.2, 0.25) is 0 Å². The van der Waals surface area contributed by atoms with Crippen LogP contribution in [-0.2, 0) is 21.3 Å². The van der Waals surface area contributed by atoms with E-state index in [-0.39, 0.29) is 16.1 Å². The zero-order valence-corrected chi connectivity index (χ0v) is 22.9. The second-order valence-corrected chi connectivity index (χ2v) is 10.6. The number of benzene rings is 3. The Hall–Kier alpha value is -3.87. The molecule has 1 amide bonds. The topological polar surface area (TPSA) is 117 Å². The number of fused-ring (bicyclic) bond motifs is 1. The van der Waals surface area contributed by atoms with Crippen LogP contribution in [0.1, 0.15) is 10.4 Å². The van der Waals surface area contributed by atoms with Gasteiger partial charge in [-0.3, -0.25) is 9.52 Å². The highest BCUT2D eigenvalue weighted by atomic mass is 32.2. The van der Waals surface area contributed by atoms with Gasteiger partial charge in [-0.05, 0) is 54.6 Å². The highest BCUT2D eigenvalue weighted by Gasteiger charge is 2.18. The first-order chi connectivity index (χ1) is 18.3. The van der Waals surface area contributed by atoms with E-state index in [1.165, 1.54) is 36.6 Å². The third-order valence-electron chi connectivity index (χ3n) is 5.64. The van der Waals surface area contributed by atoms with Crippen LogP contribution in [0.3, 0.4) is 0 Å². The molecule has 1 aromatic heterocycles. The quantitative estimate of drug-likeness (QED) is 0.314. The number of carbonyl (C=O) groups is 1. The highest BCUT2D eigenvalue weighted by molar-refractivity contribution is 7.92. The average Bonchev–Trinajstić information content (AvgIpc) is 3.29. The van der Waals surface area contributed by atoms with Crippen molar-refractivity contribution in [3.05, 3.63) is 71.0 Å². The van der Waals surface area contributed by atoms with Crippen LogP contribution < -0.4 is 23.7 Å². The van der Waals surface area contributed by atoms with Crippen molar-refractivity contribution in [1.29, 1.82) is 0 Å². The van der Waals surface area contributed by atoms with E-state index >= 15 is 0 Å². The fourth-order valence-corrected chi connectivity index (χ4v) is 5.98. The minimum Gasteiger partial charge on any atom is -0.497 e. The van der Waals surface area contributed by atoms with E-state index in [2.05, 4.69) is 9.71 Å². The molecule has 0 unspecified atom stereocenters. The molecule has 0 spiro atoms. The molecule has 0 aliphatic rings. The summed E-state index contributed by atoms with van der Waals surface area (Å²) in [6.45, 7) is 0.810. The molecule has 0 fully saturated rings. The zero-order valence-electron chi connectivity index (χ0n) is 21.3. The predicted octanol–water partition coefficient (Wildman–Crippen LogP) is 3.92. The molecule has 10 nitrogen and oxygen atoms in total. The Bertz CT molecular complexity index is 1630. The maximum atomic E-state index is 13.2. The van der Waals surface area contributed by atoms with E-state index in [1.807, 2.05) is 4.57 Å². The average molecular weight is 558 g/mol. The lowest BCUT2D eigenvalue weighted by molar-refractivity contribution is 0.0997. The third-order valence-corrected chi connectivity index (χ3v) is 8.13. The summed E-state index contributed by atoms with van der Waals surface area (Å²) in [5.41, 5.74) is 1.19. The first-order valence-electron chi connectivity index (χ1n) is 11.4. The lowest BCUT2D eigenvalue weighted by Gasteiger charge is -2.10. The summed E-state index contributed by atoms with van der Waals surface area (Å²) in [5, 5.41) is 0. The normalized spacial score (nSPS) is 11.9. The molecule has 200 valence electrons. The van der Waals surface area contributed by atoms with Gasteiger partial charge in [0.25, 0.3) is 15.9 Å². The van der Waals surface area contributed by atoms with Crippen LogP contribution in [0.15, 0.2) is 70.6 Å². The summed E-state index contributed by atoms with van der Waals surface area (Å²) < 4.78 is 52.2. The van der Waals surface area contributed by atoms with Gasteiger partial charge >= 0.3 is 0 Å². The Labute approximate surface area is 224 Å². The second kappa shape index (κ2) is 11.7. The van der Waals surface area contributed by atoms with Gasteiger partial charge in [-0.2, -0.15) is 4.99 Å². The van der Waals surface area contributed by atoms with Crippen LogP contribution in [0.5, 0.6) is 17.2 Å². The third kappa shape index (κ3) is 5.67. The Morgan fingerprint density at radius 3 is 2.32 bits per heavy atom. The number of hydrogen-bond donors (Lipinski definition) is 1. The fraction of sp³-hybridized carbons (Fsp3) is 0.231. The van der Waals surface area contributed by atoms with Crippen LogP contribution in [0.25, 0.3) is 10.2 Å². The molecule has 4 aromatic rings. The number of methoxy groups -OCH3 is 4. The van der Waals surface area contributed by atoms with Crippen molar-refractivity contribution in [3.63, 3.8) is 0 Å². The molecular weight excluding hydrogens is 530 g/mol. The van der Waals surface area contributed by atoms with Crippen molar-refractivity contribution in [2.75, 3.05) is 39.8 Å². The number of nitrogens with one attached hydrogen (secondary N) is 1. The van der Waals surface area contributed by atoms with E-state index in [4.69, 9.17) is 18.9 Å². The molecule has 0 aliphatic heterocycles. The first-order valence-corrected chi connectivity index (χ1v) is 13.7. The predicted molar refractivity (Wildman–Crippen MR) is 145 cm³/mol. The molecule has 1 heterocycles. The van der Waals surface area contributed by atoms with Gasteiger partial charge in [-0.25, -0.2) is 8.42 Å². The number of aromatic nitrogens is 1. The van der Waals surface area contributed by atoms with Gasteiger partial charge in [-0.15, -0.1) is 0 Å². The lowest BCUT2D eigenvalue weighted by atomic mass is 10.2. The number of amides is 1. The summed E-state index contributed by atoms with van der Waals surface area (Å²) in [4.78, 5) is 18.1. The molecule has 0 atom stereocenters. The van der Waals surface area contributed by atoms with E-state index in [0.29, 0.717) is 35.2 Å². The van der Waals surface area contributed by atoms with Gasteiger partial charge in [0, 0.05) is 24.9 Å². The summed E-state index contributed by atoms with van der Waals surface area (Å²) in [6, 6.07) is 15.7. The maximum Gasteiger partial charge on any atom is 0.279 e. The van der Waals surface area contributed by atoms with Crippen molar-refractivity contribution in [2.24, 2.45) is 4.99 Å². The van der Waals surface area contributed by atoms with Crippen molar-refractivity contribution in [2.45, 2.75) is 11.4 Å². The number of sulfonamides is 1. The number of hydrogen-bond acceptors (Lipinski definition) is 8. The van der Waals surface area contributed by atoms with Gasteiger partial charge in [0.15, 0.2) is 4.80 Å². The molecule has 0 saturated heterocycles. The smallest absolute Gasteiger partial charge is 0.279 e. The standard InChI is InChI=1S/C26H27N3O7S2/c1-33-15-14-29-23-21(35-3)12-13-22(36-4)24(23)37-26(29)27-25(30)17-6-5-7-18(16-17)28-38(31,32)20-10-8-19(34-2)9-11-20/h5-13,16,28H,14-15H2,1-4H3. The number of rotatable bonds is 10. The minimum absolute atomic E-state index is 0.0621. The highest BCUT2D eigenvalue weighted by Crippen LogP contribution is 2.35. The van der Waals surface area contributed by atoms with Crippen molar-refractivity contribution in [1.82, 2.24) is 4.57 Å². The van der Waals surface area contributed by atoms with E-state index in [1.54, 1.807) is 63.8 Å². The van der Waals surface area contributed by atoms with Crippen LogP contribution >= 0.6 is 11.3 Å².